The summed E-state index contributed by atoms with van der Waals surface area (Å²) < 4.78 is 6.13. The van der Waals surface area contributed by atoms with Crippen LogP contribution in [0.15, 0.2) is 26.3 Å². The SMILES string of the molecule is CCSc1cc(Br)co1. The van der Waals surface area contributed by atoms with Crippen LogP contribution in [0.4, 0.5) is 0 Å². The van der Waals surface area contributed by atoms with Gasteiger partial charge in [0.2, 0.25) is 0 Å². The van der Waals surface area contributed by atoms with E-state index in [0.29, 0.717) is 0 Å². The molecule has 0 unspecified atom stereocenters. The van der Waals surface area contributed by atoms with Gasteiger partial charge >= 0.3 is 0 Å². The molecule has 0 radical (unpaired) electrons. The Morgan fingerprint density at radius 1 is 1.78 bits per heavy atom. The number of furan rings is 1. The third-order valence-electron chi connectivity index (χ3n) is 0.830. The second-order valence-corrected chi connectivity index (χ2v) is 3.70. The number of halogens is 1. The highest BCUT2D eigenvalue weighted by Gasteiger charge is 1.95. The number of hydrogen-bond donors (Lipinski definition) is 0. The Bertz CT molecular complexity index is 185. The van der Waals surface area contributed by atoms with Crippen LogP contribution in [0.25, 0.3) is 0 Å². The van der Waals surface area contributed by atoms with E-state index in [9.17, 15) is 0 Å². The molecule has 0 atom stereocenters. The predicted octanol–water partition coefficient (Wildman–Crippen LogP) is 3.15. The lowest BCUT2D eigenvalue weighted by molar-refractivity contribution is 0.474. The van der Waals surface area contributed by atoms with Gasteiger partial charge in [-0.1, -0.05) is 18.7 Å². The highest BCUT2D eigenvalue weighted by Crippen LogP contribution is 2.23. The molecule has 3 heteroatoms. The first-order valence-electron chi connectivity index (χ1n) is 2.69. The van der Waals surface area contributed by atoms with Crippen molar-refractivity contribution in [3.63, 3.8) is 0 Å². The zero-order chi connectivity index (χ0) is 6.69. The van der Waals surface area contributed by atoms with Crippen molar-refractivity contribution < 1.29 is 4.42 Å². The summed E-state index contributed by atoms with van der Waals surface area (Å²) in [6.07, 6.45) is 1.69. The van der Waals surface area contributed by atoms with Crippen LogP contribution in [-0.4, -0.2) is 5.75 Å². The molecule has 0 aromatic carbocycles. The molecule has 1 heterocycles. The molecule has 1 rings (SSSR count). The fourth-order valence-corrected chi connectivity index (χ4v) is 1.58. The summed E-state index contributed by atoms with van der Waals surface area (Å²) in [5.74, 6) is 1.06. The van der Waals surface area contributed by atoms with Crippen molar-refractivity contribution in [2.45, 2.75) is 12.0 Å². The summed E-state index contributed by atoms with van der Waals surface area (Å²) in [7, 11) is 0. The largest absolute Gasteiger partial charge is 0.457 e. The summed E-state index contributed by atoms with van der Waals surface area (Å²) in [4.78, 5) is 0. The van der Waals surface area contributed by atoms with Crippen LogP contribution in [0.5, 0.6) is 0 Å². The molecule has 0 spiro atoms. The molecule has 50 valence electrons. The Morgan fingerprint density at radius 2 is 2.56 bits per heavy atom. The van der Waals surface area contributed by atoms with Crippen LogP contribution in [0.1, 0.15) is 6.92 Å². The molecule has 0 saturated heterocycles. The topological polar surface area (TPSA) is 13.1 Å². The first kappa shape index (κ1) is 7.22. The Hall–Kier alpha value is 0.110. The second kappa shape index (κ2) is 3.32. The molecule has 0 saturated carbocycles. The van der Waals surface area contributed by atoms with E-state index in [-0.39, 0.29) is 0 Å². The van der Waals surface area contributed by atoms with Gasteiger partial charge in [0.05, 0.1) is 4.47 Å². The van der Waals surface area contributed by atoms with Gasteiger partial charge in [-0.25, -0.2) is 0 Å². The van der Waals surface area contributed by atoms with Crippen LogP contribution in [0.2, 0.25) is 0 Å². The quantitative estimate of drug-likeness (QED) is 0.691. The van der Waals surface area contributed by atoms with Crippen molar-refractivity contribution in [3.05, 3.63) is 16.8 Å². The highest BCUT2D eigenvalue weighted by molar-refractivity contribution is 9.10. The lowest BCUT2D eigenvalue weighted by Gasteiger charge is -1.85. The molecule has 0 bridgehead atoms. The second-order valence-electron chi connectivity index (χ2n) is 1.52. The van der Waals surface area contributed by atoms with Gasteiger partial charge in [0, 0.05) is 6.07 Å². The third kappa shape index (κ3) is 2.06. The average Bonchev–Trinajstić information content (AvgIpc) is 2.17. The van der Waals surface area contributed by atoms with E-state index >= 15 is 0 Å². The third-order valence-corrected chi connectivity index (χ3v) is 2.03. The summed E-state index contributed by atoms with van der Waals surface area (Å²) in [6, 6.07) is 1.97. The van der Waals surface area contributed by atoms with Crippen molar-refractivity contribution >= 4 is 27.7 Å². The van der Waals surface area contributed by atoms with Crippen LogP contribution >= 0.6 is 27.7 Å². The molecule has 0 amide bonds. The van der Waals surface area contributed by atoms with Crippen LogP contribution in [0.3, 0.4) is 0 Å². The Labute approximate surface area is 66.9 Å². The number of rotatable bonds is 2. The van der Waals surface area contributed by atoms with Gasteiger partial charge in [0.15, 0.2) is 5.09 Å². The van der Waals surface area contributed by atoms with Gasteiger partial charge < -0.3 is 4.42 Å². The Morgan fingerprint density at radius 3 is 3.00 bits per heavy atom. The molecule has 0 aliphatic heterocycles. The maximum absolute atomic E-state index is 5.12. The molecular weight excluding hydrogens is 200 g/mol. The summed E-state index contributed by atoms with van der Waals surface area (Å²) in [5.41, 5.74) is 0. The zero-order valence-corrected chi connectivity index (χ0v) is 7.46. The fraction of sp³-hybridized carbons (Fsp3) is 0.333. The molecule has 9 heavy (non-hydrogen) atoms. The van der Waals surface area contributed by atoms with Gasteiger partial charge in [-0.05, 0) is 21.7 Å². The van der Waals surface area contributed by atoms with Crippen LogP contribution in [0, 0.1) is 0 Å². The minimum Gasteiger partial charge on any atom is -0.457 e. The zero-order valence-electron chi connectivity index (χ0n) is 5.06. The van der Waals surface area contributed by atoms with Crippen LogP contribution < -0.4 is 0 Å². The van der Waals surface area contributed by atoms with Gasteiger partial charge in [-0.2, -0.15) is 0 Å². The van der Waals surface area contributed by atoms with E-state index in [1.54, 1.807) is 18.0 Å². The normalized spacial score (nSPS) is 10.0. The lowest BCUT2D eigenvalue weighted by atomic mass is 10.7. The van der Waals surface area contributed by atoms with Crippen molar-refractivity contribution in [3.8, 4) is 0 Å². The first-order valence-corrected chi connectivity index (χ1v) is 4.47. The summed E-state index contributed by atoms with van der Waals surface area (Å²) >= 11 is 4.99. The molecule has 1 aromatic rings. The number of hydrogen-bond acceptors (Lipinski definition) is 2. The Kier molecular flexibility index (Phi) is 2.66. The van der Waals surface area contributed by atoms with E-state index < -0.39 is 0 Å². The molecule has 0 aliphatic carbocycles. The lowest BCUT2D eigenvalue weighted by Crippen LogP contribution is -1.62. The standard InChI is InChI=1S/C6H7BrOS/c1-2-9-6-3-5(7)4-8-6/h3-4H,2H2,1H3. The van der Waals surface area contributed by atoms with Gasteiger partial charge in [0.25, 0.3) is 0 Å². The molecule has 0 N–H and O–H groups in total. The van der Waals surface area contributed by atoms with Gasteiger partial charge in [-0.15, -0.1) is 0 Å². The maximum atomic E-state index is 5.12. The maximum Gasteiger partial charge on any atom is 0.161 e. The monoisotopic (exact) mass is 206 g/mol. The van der Waals surface area contributed by atoms with E-state index in [0.717, 1.165) is 15.3 Å². The molecule has 0 fully saturated rings. The van der Waals surface area contributed by atoms with Crippen molar-refractivity contribution in [2.75, 3.05) is 5.75 Å². The van der Waals surface area contributed by atoms with Gasteiger partial charge in [0.1, 0.15) is 6.26 Å². The van der Waals surface area contributed by atoms with Crippen molar-refractivity contribution in [1.82, 2.24) is 0 Å². The fourth-order valence-electron chi connectivity index (χ4n) is 0.513. The van der Waals surface area contributed by atoms with E-state index in [1.807, 2.05) is 6.07 Å². The molecular formula is C6H7BrOS. The van der Waals surface area contributed by atoms with Crippen molar-refractivity contribution in [2.24, 2.45) is 0 Å². The minimum absolute atomic E-state index is 0.976. The van der Waals surface area contributed by atoms with Crippen molar-refractivity contribution in [1.29, 1.82) is 0 Å². The average molecular weight is 207 g/mol. The van der Waals surface area contributed by atoms with E-state index in [2.05, 4.69) is 22.9 Å². The van der Waals surface area contributed by atoms with E-state index in [4.69, 9.17) is 4.42 Å². The van der Waals surface area contributed by atoms with E-state index in [1.165, 1.54) is 0 Å². The van der Waals surface area contributed by atoms with Gasteiger partial charge in [-0.3, -0.25) is 0 Å². The summed E-state index contributed by atoms with van der Waals surface area (Å²) in [6.45, 7) is 2.10. The molecule has 0 aliphatic rings. The molecule has 1 aromatic heterocycles. The number of thioether (sulfide) groups is 1. The summed E-state index contributed by atoms with van der Waals surface area (Å²) in [5, 5.41) is 0.976. The minimum atomic E-state index is 0.976. The molecule has 1 nitrogen and oxygen atoms in total. The predicted molar refractivity (Wildman–Crippen MR) is 42.8 cm³/mol. The highest BCUT2D eigenvalue weighted by atomic mass is 79.9. The first-order chi connectivity index (χ1) is 4.33. The van der Waals surface area contributed by atoms with Crippen LogP contribution in [-0.2, 0) is 0 Å². The Balaban J connectivity index is 2.61. The smallest absolute Gasteiger partial charge is 0.161 e.